The summed E-state index contributed by atoms with van der Waals surface area (Å²) in [5.74, 6) is 1.65. The minimum atomic E-state index is 0.563. The predicted octanol–water partition coefficient (Wildman–Crippen LogP) is 2.27. The van der Waals surface area contributed by atoms with E-state index in [4.69, 9.17) is 17.3 Å². The molecular weight excluding hydrogens is 236 g/mol. The molecule has 0 spiro atoms. The molecule has 2 heterocycles. The molecule has 1 fully saturated rings. The second-order valence-corrected chi connectivity index (χ2v) is 4.53. The van der Waals surface area contributed by atoms with Crippen LogP contribution in [0.2, 0.25) is 5.15 Å². The van der Waals surface area contributed by atoms with Gasteiger partial charge in [0.05, 0.1) is 0 Å². The van der Waals surface area contributed by atoms with Gasteiger partial charge in [0.25, 0.3) is 0 Å². The Bertz CT molecular complexity index is 329. The normalized spacial score (nSPS) is 16.6. The van der Waals surface area contributed by atoms with Gasteiger partial charge in [0.2, 0.25) is 5.95 Å². The summed E-state index contributed by atoms with van der Waals surface area (Å²) in [4.78, 5) is 6.58. The summed E-state index contributed by atoms with van der Waals surface area (Å²) in [7, 11) is 1.98. The van der Waals surface area contributed by atoms with E-state index in [0.717, 1.165) is 38.4 Å². The summed E-state index contributed by atoms with van der Waals surface area (Å²) < 4.78 is 1.98. The molecule has 5 heteroatoms. The first-order valence-corrected chi connectivity index (χ1v) is 6.72. The van der Waals surface area contributed by atoms with E-state index in [2.05, 4.69) is 9.88 Å². The van der Waals surface area contributed by atoms with Crippen molar-refractivity contribution in [1.82, 2.24) is 9.55 Å². The number of hydrogen-bond acceptors (Lipinski definition) is 3. The molecule has 0 aromatic carbocycles. The molecule has 0 bridgehead atoms. The Kier molecular flexibility index (Phi) is 5.78. The molecule has 0 unspecified atom stereocenters. The van der Waals surface area contributed by atoms with Crippen LogP contribution in [0.15, 0.2) is 6.20 Å². The van der Waals surface area contributed by atoms with Crippen molar-refractivity contribution >= 4 is 17.5 Å². The fraction of sp³-hybridized carbons (Fsp3) is 0.750. The number of aromatic nitrogens is 2. The Morgan fingerprint density at radius 3 is 2.41 bits per heavy atom. The monoisotopic (exact) mass is 258 g/mol. The summed E-state index contributed by atoms with van der Waals surface area (Å²) in [5, 5.41) is 0.563. The number of piperidine rings is 1. The van der Waals surface area contributed by atoms with Crippen LogP contribution in [0.3, 0.4) is 0 Å². The molecule has 0 saturated carbocycles. The maximum Gasteiger partial charge on any atom is 0.206 e. The molecule has 0 amide bonds. The standard InChI is InChI=1S/C10H17ClN4.C2H6/c1-14-7-9(11)13-10(14)15-4-2-8(6-12)3-5-15;1-2/h7-8H,2-6,12H2,1H3;1-2H3. The predicted molar refractivity (Wildman–Crippen MR) is 73.6 cm³/mol. The first kappa shape index (κ1) is 14.3. The van der Waals surface area contributed by atoms with Gasteiger partial charge in [0, 0.05) is 26.3 Å². The lowest BCUT2D eigenvalue weighted by Gasteiger charge is -2.31. The number of imidazole rings is 1. The minimum absolute atomic E-state index is 0.563. The third kappa shape index (κ3) is 3.61. The highest BCUT2D eigenvalue weighted by Gasteiger charge is 2.20. The van der Waals surface area contributed by atoms with Gasteiger partial charge < -0.3 is 15.2 Å². The maximum absolute atomic E-state index is 5.86. The molecule has 1 saturated heterocycles. The van der Waals surface area contributed by atoms with E-state index in [1.165, 1.54) is 0 Å². The smallest absolute Gasteiger partial charge is 0.206 e. The van der Waals surface area contributed by atoms with Crippen molar-refractivity contribution < 1.29 is 0 Å². The van der Waals surface area contributed by atoms with Crippen LogP contribution in [0, 0.1) is 5.92 Å². The van der Waals surface area contributed by atoms with Crippen LogP contribution in [-0.4, -0.2) is 29.2 Å². The number of anilines is 1. The SMILES string of the molecule is CC.Cn1cc(Cl)nc1N1CCC(CN)CC1. The zero-order valence-electron chi connectivity index (χ0n) is 11.0. The highest BCUT2D eigenvalue weighted by molar-refractivity contribution is 6.29. The number of hydrogen-bond donors (Lipinski definition) is 1. The number of nitrogens with zero attached hydrogens (tertiary/aromatic N) is 3. The first-order chi connectivity index (χ1) is 8.20. The quantitative estimate of drug-likeness (QED) is 0.885. The van der Waals surface area contributed by atoms with Crippen LogP contribution in [-0.2, 0) is 7.05 Å². The molecule has 1 aromatic rings. The second kappa shape index (κ2) is 6.87. The van der Waals surface area contributed by atoms with Crippen molar-refractivity contribution in [2.45, 2.75) is 26.7 Å². The van der Waals surface area contributed by atoms with E-state index in [9.17, 15) is 0 Å². The molecule has 0 aliphatic carbocycles. The summed E-state index contributed by atoms with van der Waals surface area (Å²) in [5.41, 5.74) is 5.66. The van der Waals surface area contributed by atoms with E-state index in [-0.39, 0.29) is 0 Å². The van der Waals surface area contributed by atoms with Crippen molar-refractivity contribution in [2.24, 2.45) is 18.7 Å². The van der Waals surface area contributed by atoms with Crippen LogP contribution < -0.4 is 10.6 Å². The van der Waals surface area contributed by atoms with Crippen LogP contribution in [0.5, 0.6) is 0 Å². The van der Waals surface area contributed by atoms with E-state index >= 15 is 0 Å². The molecule has 98 valence electrons. The number of nitrogens with two attached hydrogens (primary N) is 1. The second-order valence-electron chi connectivity index (χ2n) is 4.14. The Morgan fingerprint density at radius 2 is 2.00 bits per heavy atom. The highest BCUT2D eigenvalue weighted by Crippen LogP contribution is 2.22. The Hall–Kier alpha value is -0.740. The molecule has 1 aliphatic heterocycles. The summed E-state index contributed by atoms with van der Waals surface area (Å²) in [6, 6.07) is 0. The van der Waals surface area contributed by atoms with Gasteiger partial charge in [0.1, 0.15) is 5.15 Å². The van der Waals surface area contributed by atoms with E-state index in [0.29, 0.717) is 11.1 Å². The summed E-state index contributed by atoms with van der Waals surface area (Å²) >= 11 is 5.86. The fourth-order valence-corrected chi connectivity index (χ4v) is 2.31. The van der Waals surface area contributed by atoms with E-state index in [1.54, 1.807) is 0 Å². The van der Waals surface area contributed by atoms with Crippen molar-refractivity contribution in [3.8, 4) is 0 Å². The lowest BCUT2D eigenvalue weighted by atomic mass is 9.97. The van der Waals surface area contributed by atoms with Gasteiger partial charge in [-0.25, -0.2) is 4.98 Å². The van der Waals surface area contributed by atoms with Gasteiger partial charge in [-0.15, -0.1) is 0 Å². The zero-order chi connectivity index (χ0) is 12.8. The molecule has 17 heavy (non-hydrogen) atoms. The summed E-state index contributed by atoms with van der Waals surface area (Å²) in [6.45, 7) is 6.86. The molecule has 4 nitrogen and oxygen atoms in total. The highest BCUT2D eigenvalue weighted by atomic mass is 35.5. The third-order valence-electron chi connectivity index (χ3n) is 3.05. The molecule has 0 atom stereocenters. The lowest BCUT2D eigenvalue weighted by Crippen LogP contribution is -2.37. The third-order valence-corrected chi connectivity index (χ3v) is 3.24. The number of aryl methyl sites for hydroxylation is 1. The minimum Gasteiger partial charge on any atom is -0.342 e. The Labute approximate surface area is 109 Å². The van der Waals surface area contributed by atoms with Crippen molar-refractivity contribution in [3.05, 3.63) is 11.3 Å². The molecule has 1 aromatic heterocycles. The first-order valence-electron chi connectivity index (χ1n) is 6.34. The van der Waals surface area contributed by atoms with Gasteiger partial charge in [-0.3, -0.25) is 0 Å². The van der Waals surface area contributed by atoms with Crippen LogP contribution in [0.1, 0.15) is 26.7 Å². The van der Waals surface area contributed by atoms with E-state index in [1.807, 2.05) is 31.7 Å². The van der Waals surface area contributed by atoms with Gasteiger partial charge in [-0.1, -0.05) is 25.4 Å². The van der Waals surface area contributed by atoms with Crippen molar-refractivity contribution in [3.63, 3.8) is 0 Å². The Balaban J connectivity index is 0.000000686. The van der Waals surface area contributed by atoms with Crippen molar-refractivity contribution in [1.29, 1.82) is 0 Å². The largest absolute Gasteiger partial charge is 0.342 e. The van der Waals surface area contributed by atoms with Crippen LogP contribution in [0.25, 0.3) is 0 Å². The molecular formula is C12H23ClN4. The van der Waals surface area contributed by atoms with Gasteiger partial charge >= 0.3 is 0 Å². The van der Waals surface area contributed by atoms with Crippen LogP contribution >= 0.6 is 11.6 Å². The zero-order valence-corrected chi connectivity index (χ0v) is 11.7. The number of halogens is 1. The average Bonchev–Trinajstić information content (AvgIpc) is 2.71. The fourth-order valence-electron chi connectivity index (χ4n) is 2.08. The Morgan fingerprint density at radius 1 is 1.41 bits per heavy atom. The van der Waals surface area contributed by atoms with Crippen LogP contribution in [0.4, 0.5) is 5.95 Å². The lowest BCUT2D eigenvalue weighted by molar-refractivity contribution is 0.409. The van der Waals surface area contributed by atoms with Crippen molar-refractivity contribution in [2.75, 3.05) is 24.5 Å². The molecule has 1 aliphatic rings. The number of rotatable bonds is 2. The average molecular weight is 259 g/mol. The van der Waals surface area contributed by atoms with E-state index < -0.39 is 0 Å². The molecule has 0 radical (unpaired) electrons. The van der Waals surface area contributed by atoms with Gasteiger partial charge in [0.15, 0.2) is 0 Å². The maximum atomic E-state index is 5.86. The topological polar surface area (TPSA) is 47.1 Å². The molecule has 2 rings (SSSR count). The molecule has 2 N–H and O–H groups in total. The van der Waals surface area contributed by atoms with Gasteiger partial charge in [-0.05, 0) is 25.3 Å². The summed E-state index contributed by atoms with van der Waals surface area (Å²) in [6.07, 6.45) is 4.15. The van der Waals surface area contributed by atoms with Gasteiger partial charge in [-0.2, -0.15) is 0 Å².